The highest BCUT2D eigenvalue weighted by molar-refractivity contribution is 7.89. The summed E-state index contributed by atoms with van der Waals surface area (Å²) in [6.45, 7) is 0. The number of hydrogen-bond donors (Lipinski definition) is 3. The molecule has 3 N–H and O–H groups in total. The summed E-state index contributed by atoms with van der Waals surface area (Å²) in [6, 6.07) is 11.1. The summed E-state index contributed by atoms with van der Waals surface area (Å²) in [7, 11) is -0.832. The van der Waals surface area contributed by atoms with E-state index < -0.39 is 15.9 Å². The summed E-state index contributed by atoms with van der Waals surface area (Å²) in [4.78, 5) is 12.2. The first-order chi connectivity index (χ1) is 12.2. The number of nitrogens with one attached hydrogen (secondary N) is 3. The Morgan fingerprint density at radius 3 is 2.35 bits per heavy atom. The second-order valence-corrected chi connectivity index (χ2v) is 7.92. The summed E-state index contributed by atoms with van der Waals surface area (Å²) in [5.74, 6) is -0.945. The number of halogens is 1. The van der Waals surface area contributed by atoms with Gasteiger partial charge in [-0.05, 0) is 54.7 Å². The van der Waals surface area contributed by atoms with Crippen molar-refractivity contribution >= 4 is 38.9 Å². The van der Waals surface area contributed by atoms with Gasteiger partial charge in [-0.2, -0.15) is 0 Å². The Labute approximate surface area is 156 Å². The van der Waals surface area contributed by atoms with Crippen molar-refractivity contribution in [3.8, 4) is 0 Å². The maximum absolute atomic E-state index is 12.9. The largest absolute Gasteiger partial charge is 0.331 e. The van der Waals surface area contributed by atoms with Crippen molar-refractivity contribution in [1.29, 1.82) is 0 Å². The number of sulfonamides is 1. The fourth-order valence-corrected chi connectivity index (χ4v) is 3.01. The number of rotatable bonds is 4. The predicted molar refractivity (Wildman–Crippen MR) is 101 cm³/mol. The smallest absolute Gasteiger partial charge is 0.269 e. The van der Waals surface area contributed by atoms with Crippen molar-refractivity contribution in [1.82, 2.24) is 15.2 Å². The molecule has 2 aromatic carbocycles. The summed E-state index contributed by atoms with van der Waals surface area (Å²) in [6.07, 6.45) is 0. The SMILES string of the molecule is CN(C)S(=O)(=O)c1cccc(C(=O)NNC(=S)Nc2ccc(F)cc2)c1. The number of nitrogens with zero attached hydrogens (tertiary/aromatic N) is 1. The second kappa shape index (κ2) is 8.21. The second-order valence-electron chi connectivity index (χ2n) is 5.36. The molecular formula is C16H17FN4O3S2. The van der Waals surface area contributed by atoms with Gasteiger partial charge in [-0.3, -0.25) is 15.6 Å². The van der Waals surface area contributed by atoms with Gasteiger partial charge in [0, 0.05) is 25.3 Å². The molecule has 2 aromatic rings. The van der Waals surface area contributed by atoms with E-state index in [0.29, 0.717) is 5.69 Å². The highest BCUT2D eigenvalue weighted by Crippen LogP contribution is 2.14. The lowest BCUT2D eigenvalue weighted by Gasteiger charge is -2.13. The predicted octanol–water partition coefficient (Wildman–Crippen LogP) is 1.71. The Kier molecular flexibility index (Phi) is 6.24. The molecule has 0 aliphatic rings. The lowest BCUT2D eigenvalue weighted by atomic mass is 10.2. The number of hydrogen-bond acceptors (Lipinski definition) is 4. The number of carbonyl (C=O) groups excluding carboxylic acids is 1. The average molecular weight is 396 g/mol. The molecule has 0 saturated carbocycles. The first-order valence-corrected chi connectivity index (χ1v) is 9.20. The number of carbonyl (C=O) groups is 1. The fourth-order valence-electron chi connectivity index (χ4n) is 1.89. The van der Waals surface area contributed by atoms with Crippen molar-refractivity contribution in [2.24, 2.45) is 0 Å². The van der Waals surface area contributed by atoms with Crippen LogP contribution in [0, 0.1) is 5.82 Å². The van der Waals surface area contributed by atoms with Crippen LogP contribution in [0.5, 0.6) is 0 Å². The first kappa shape index (κ1) is 19.8. The Bertz CT molecular complexity index is 915. The Balaban J connectivity index is 1.99. The highest BCUT2D eigenvalue weighted by atomic mass is 32.2. The minimum atomic E-state index is -3.64. The normalized spacial score (nSPS) is 11.1. The van der Waals surface area contributed by atoms with E-state index in [9.17, 15) is 17.6 Å². The third kappa shape index (κ3) is 4.97. The van der Waals surface area contributed by atoms with Crippen molar-refractivity contribution in [3.05, 3.63) is 59.9 Å². The Morgan fingerprint density at radius 2 is 1.73 bits per heavy atom. The zero-order chi connectivity index (χ0) is 19.3. The van der Waals surface area contributed by atoms with Crippen LogP contribution in [0.4, 0.5) is 10.1 Å². The van der Waals surface area contributed by atoms with Gasteiger partial charge < -0.3 is 5.32 Å². The van der Waals surface area contributed by atoms with Gasteiger partial charge in [-0.15, -0.1) is 0 Å². The molecule has 138 valence electrons. The summed E-state index contributed by atoms with van der Waals surface area (Å²) in [5, 5.41) is 2.85. The standard InChI is InChI=1S/C16H17FN4O3S2/c1-21(2)26(23,24)14-5-3-4-11(10-14)15(22)19-20-16(25)18-13-8-6-12(17)7-9-13/h3-10H,1-2H3,(H,19,22)(H2,18,20,25). The minimum absolute atomic E-state index is 0.00200. The number of benzene rings is 2. The van der Waals surface area contributed by atoms with E-state index in [0.717, 1.165) is 4.31 Å². The molecule has 0 unspecified atom stereocenters. The van der Waals surface area contributed by atoms with Crippen LogP contribution >= 0.6 is 12.2 Å². The molecule has 0 aliphatic heterocycles. The van der Waals surface area contributed by atoms with Crippen molar-refractivity contribution < 1.29 is 17.6 Å². The van der Waals surface area contributed by atoms with Crippen LogP contribution in [0.1, 0.15) is 10.4 Å². The highest BCUT2D eigenvalue weighted by Gasteiger charge is 2.18. The Hall–Kier alpha value is -2.56. The van der Waals surface area contributed by atoms with E-state index in [1.165, 1.54) is 62.6 Å². The molecule has 10 heteroatoms. The molecule has 7 nitrogen and oxygen atoms in total. The molecule has 0 radical (unpaired) electrons. The van der Waals surface area contributed by atoms with Gasteiger partial charge >= 0.3 is 0 Å². The van der Waals surface area contributed by atoms with E-state index in [1.807, 2.05) is 0 Å². The molecule has 0 aliphatic carbocycles. The maximum Gasteiger partial charge on any atom is 0.269 e. The van der Waals surface area contributed by atoms with Crippen LogP contribution in [0.15, 0.2) is 53.4 Å². The van der Waals surface area contributed by atoms with Crippen LogP contribution < -0.4 is 16.2 Å². The van der Waals surface area contributed by atoms with E-state index in [1.54, 1.807) is 0 Å². The van der Waals surface area contributed by atoms with Crippen LogP contribution in [-0.2, 0) is 10.0 Å². The molecule has 0 heterocycles. The molecule has 0 fully saturated rings. The summed E-state index contributed by atoms with van der Waals surface area (Å²) < 4.78 is 38.2. The first-order valence-electron chi connectivity index (χ1n) is 7.35. The van der Waals surface area contributed by atoms with Crippen LogP contribution in [0.3, 0.4) is 0 Å². The van der Waals surface area contributed by atoms with Gasteiger partial charge in [0.15, 0.2) is 5.11 Å². The maximum atomic E-state index is 12.9. The molecule has 0 atom stereocenters. The molecule has 2 rings (SSSR count). The molecule has 0 spiro atoms. The number of anilines is 1. The molecule has 0 bridgehead atoms. The van der Waals surface area contributed by atoms with Gasteiger partial charge in [0.25, 0.3) is 5.91 Å². The van der Waals surface area contributed by atoms with E-state index >= 15 is 0 Å². The summed E-state index contributed by atoms with van der Waals surface area (Å²) in [5.41, 5.74) is 5.54. The van der Waals surface area contributed by atoms with E-state index in [2.05, 4.69) is 16.2 Å². The van der Waals surface area contributed by atoms with Gasteiger partial charge in [-0.25, -0.2) is 17.1 Å². The third-order valence-corrected chi connectivity index (χ3v) is 5.28. The average Bonchev–Trinajstić information content (AvgIpc) is 2.61. The van der Waals surface area contributed by atoms with Crippen molar-refractivity contribution in [2.45, 2.75) is 4.90 Å². The van der Waals surface area contributed by atoms with Gasteiger partial charge in [-0.1, -0.05) is 6.07 Å². The lowest BCUT2D eigenvalue weighted by Crippen LogP contribution is -2.43. The number of amides is 1. The fraction of sp³-hybridized carbons (Fsp3) is 0.125. The molecule has 0 saturated heterocycles. The van der Waals surface area contributed by atoms with Crippen LogP contribution in [0.25, 0.3) is 0 Å². The van der Waals surface area contributed by atoms with Crippen molar-refractivity contribution in [2.75, 3.05) is 19.4 Å². The van der Waals surface area contributed by atoms with Crippen LogP contribution in [-0.4, -0.2) is 37.8 Å². The van der Waals surface area contributed by atoms with Crippen LogP contribution in [0.2, 0.25) is 0 Å². The van der Waals surface area contributed by atoms with Gasteiger partial charge in [0.2, 0.25) is 10.0 Å². The van der Waals surface area contributed by atoms with E-state index in [4.69, 9.17) is 12.2 Å². The quantitative estimate of drug-likeness (QED) is 0.538. The number of hydrazine groups is 1. The molecular weight excluding hydrogens is 379 g/mol. The van der Waals surface area contributed by atoms with E-state index in [-0.39, 0.29) is 21.4 Å². The lowest BCUT2D eigenvalue weighted by molar-refractivity contribution is 0.0944. The van der Waals surface area contributed by atoms with Crippen molar-refractivity contribution in [3.63, 3.8) is 0 Å². The third-order valence-electron chi connectivity index (χ3n) is 3.27. The Morgan fingerprint density at radius 1 is 1.08 bits per heavy atom. The zero-order valence-electron chi connectivity index (χ0n) is 14.0. The van der Waals surface area contributed by atoms with Gasteiger partial charge in [0.1, 0.15) is 5.82 Å². The molecule has 26 heavy (non-hydrogen) atoms. The zero-order valence-corrected chi connectivity index (χ0v) is 15.6. The molecule has 1 amide bonds. The number of thiocarbonyl (C=S) groups is 1. The minimum Gasteiger partial charge on any atom is -0.331 e. The molecule has 0 aromatic heterocycles. The monoisotopic (exact) mass is 396 g/mol. The van der Waals surface area contributed by atoms with Gasteiger partial charge in [0.05, 0.1) is 4.90 Å². The topological polar surface area (TPSA) is 90.5 Å². The summed E-state index contributed by atoms with van der Waals surface area (Å²) >= 11 is 5.02.